The summed E-state index contributed by atoms with van der Waals surface area (Å²) in [6, 6.07) is 3.21. The molecule has 0 radical (unpaired) electrons. The van der Waals surface area contributed by atoms with E-state index in [1.807, 2.05) is 0 Å². The highest BCUT2D eigenvalue weighted by atomic mass is 32.2. The van der Waals surface area contributed by atoms with Gasteiger partial charge in [-0.25, -0.2) is 22.5 Å². The van der Waals surface area contributed by atoms with Crippen molar-refractivity contribution in [3.63, 3.8) is 0 Å². The average molecular weight is 300 g/mol. The highest BCUT2D eigenvalue weighted by molar-refractivity contribution is 7.89. The van der Waals surface area contributed by atoms with Gasteiger partial charge in [-0.3, -0.25) is 5.10 Å². The summed E-state index contributed by atoms with van der Waals surface area (Å²) >= 11 is 0. The predicted molar refractivity (Wildman–Crippen MR) is 67.6 cm³/mol. The molecule has 7 nitrogen and oxygen atoms in total. The highest BCUT2D eigenvalue weighted by Gasteiger charge is 2.18. The van der Waals surface area contributed by atoms with Gasteiger partial charge in [0.2, 0.25) is 10.0 Å². The Morgan fingerprint density at radius 1 is 1.40 bits per heavy atom. The predicted octanol–water partition coefficient (Wildman–Crippen LogP) is -0.0429. The fraction of sp³-hybridized carbons (Fsp3) is 0.273. The third kappa shape index (κ3) is 3.38. The van der Waals surface area contributed by atoms with Crippen LogP contribution in [0.1, 0.15) is 11.4 Å². The molecule has 0 spiro atoms. The minimum atomic E-state index is -3.89. The second kappa shape index (κ2) is 6.07. The molecule has 0 unspecified atom stereocenters. The molecule has 0 amide bonds. The Morgan fingerprint density at radius 3 is 2.85 bits per heavy atom. The third-order valence-electron chi connectivity index (χ3n) is 2.61. The van der Waals surface area contributed by atoms with Crippen LogP contribution in [0.15, 0.2) is 29.4 Å². The Labute approximate surface area is 114 Å². The summed E-state index contributed by atoms with van der Waals surface area (Å²) in [5, 5.41) is 15.3. The smallest absolute Gasteiger partial charge is 0.241 e. The number of hydrogen-bond acceptors (Lipinski definition) is 5. The van der Waals surface area contributed by atoms with Crippen molar-refractivity contribution in [3.05, 3.63) is 41.7 Å². The minimum absolute atomic E-state index is 0.0823. The molecule has 0 aliphatic carbocycles. The normalized spacial score (nSPS) is 11.7. The highest BCUT2D eigenvalue weighted by Crippen LogP contribution is 2.17. The number of aromatic amines is 1. The number of sulfonamides is 1. The molecule has 0 bridgehead atoms. The number of benzene rings is 1. The lowest BCUT2D eigenvalue weighted by Gasteiger charge is -2.09. The molecule has 9 heteroatoms. The van der Waals surface area contributed by atoms with Crippen molar-refractivity contribution < 1.29 is 17.9 Å². The van der Waals surface area contributed by atoms with E-state index in [0.29, 0.717) is 12.2 Å². The molecule has 0 saturated carbocycles. The molecule has 0 saturated heterocycles. The number of halogens is 1. The number of nitrogens with one attached hydrogen (secondary N) is 2. The first-order chi connectivity index (χ1) is 9.53. The molecule has 0 aliphatic heterocycles. The monoisotopic (exact) mass is 300 g/mol. The summed E-state index contributed by atoms with van der Waals surface area (Å²) < 4.78 is 39.6. The molecule has 0 fully saturated rings. The third-order valence-corrected chi connectivity index (χ3v) is 4.15. The second-order valence-electron chi connectivity index (χ2n) is 3.99. The van der Waals surface area contributed by atoms with Crippen molar-refractivity contribution in [2.45, 2.75) is 17.9 Å². The van der Waals surface area contributed by atoms with Crippen LogP contribution in [-0.4, -0.2) is 35.3 Å². The molecular weight excluding hydrogens is 287 g/mol. The van der Waals surface area contributed by atoms with Crippen LogP contribution in [0.4, 0.5) is 4.39 Å². The van der Waals surface area contributed by atoms with E-state index in [0.717, 1.165) is 12.1 Å². The average Bonchev–Trinajstić information content (AvgIpc) is 2.91. The summed E-state index contributed by atoms with van der Waals surface area (Å²) in [4.78, 5) is 3.59. The summed E-state index contributed by atoms with van der Waals surface area (Å²) in [5.74, 6) is -0.146. The number of hydrogen-bond donors (Lipinski definition) is 3. The maximum absolute atomic E-state index is 13.2. The van der Waals surface area contributed by atoms with Gasteiger partial charge in [-0.2, -0.15) is 5.10 Å². The van der Waals surface area contributed by atoms with Crippen LogP contribution in [0, 0.1) is 5.82 Å². The van der Waals surface area contributed by atoms with Crippen molar-refractivity contribution >= 4 is 10.0 Å². The molecule has 20 heavy (non-hydrogen) atoms. The summed E-state index contributed by atoms with van der Waals surface area (Å²) in [5.41, 5.74) is 0.138. The second-order valence-corrected chi connectivity index (χ2v) is 5.73. The Balaban J connectivity index is 2.11. The summed E-state index contributed by atoms with van der Waals surface area (Å²) in [6.07, 6.45) is 1.64. The van der Waals surface area contributed by atoms with Crippen molar-refractivity contribution in [1.29, 1.82) is 0 Å². The quantitative estimate of drug-likeness (QED) is 0.693. The van der Waals surface area contributed by atoms with Gasteiger partial charge in [-0.05, 0) is 17.7 Å². The van der Waals surface area contributed by atoms with Gasteiger partial charge in [0, 0.05) is 13.0 Å². The zero-order chi connectivity index (χ0) is 14.6. The lowest BCUT2D eigenvalue weighted by Crippen LogP contribution is -2.27. The molecule has 2 rings (SSSR count). The van der Waals surface area contributed by atoms with Crippen LogP contribution >= 0.6 is 0 Å². The first-order valence-electron chi connectivity index (χ1n) is 5.76. The van der Waals surface area contributed by atoms with Crippen molar-refractivity contribution in [1.82, 2.24) is 19.9 Å². The van der Waals surface area contributed by atoms with E-state index in [4.69, 9.17) is 5.11 Å². The molecule has 1 heterocycles. The molecule has 1 aromatic carbocycles. The van der Waals surface area contributed by atoms with Crippen LogP contribution in [0.2, 0.25) is 0 Å². The number of nitrogens with zero attached hydrogens (tertiary/aromatic N) is 2. The van der Waals surface area contributed by atoms with E-state index in [2.05, 4.69) is 19.9 Å². The topological polar surface area (TPSA) is 108 Å². The fourth-order valence-electron chi connectivity index (χ4n) is 1.64. The maximum atomic E-state index is 13.2. The lowest BCUT2D eigenvalue weighted by molar-refractivity contribution is 0.278. The van der Waals surface area contributed by atoms with Crippen molar-refractivity contribution in [2.24, 2.45) is 0 Å². The van der Waals surface area contributed by atoms with Crippen LogP contribution in [0.5, 0.6) is 0 Å². The van der Waals surface area contributed by atoms with E-state index in [9.17, 15) is 12.8 Å². The zero-order valence-electron chi connectivity index (χ0n) is 10.4. The van der Waals surface area contributed by atoms with E-state index in [1.54, 1.807) is 0 Å². The standard InChI is InChI=1S/C11H13FN4O3S/c12-9-2-1-8(6-17)10(5-9)20(18,19)15-4-3-11-13-7-14-16-11/h1-2,5,7,15,17H,3-4,6H2,(H,13,14,16). The van der Waals surface area contributed by atoms with E-state index < -0.39 is 22.4 Å². The Morgan fingerprint density at radius 2 is 2.20 bits per heavy atom. The SMILES string of the molecule is O=S(=O)(NCCc1ncn[nH]1)c1cc(F)ccc1CO. The van der Waals surface area contributed by atoms with E-state index in [-0.39, 0.29) is 17.0 Å². The molecule has 0 aliphatic rings. The van der Waals surface area contributed by atoms with E-state index >= 15 is 0 Å². The lowest BCUT2D eigenvalue weighted by atomic mass is 10.2. The number of aliphatic hydroxyl groups excluding tert-OH is 1. The largest absolute Gasteiger partial charge is 0.392 e. The number of aliphatic hydroxyl groups is 1. The van der Waals surface area contributed by atoms with Crippen LogP contribution in [0.3, 0.4) is 0 Å². The van der Waals surface area contributed by atoms with Crippen LogP contribution in [0.25, 0.3) is 0 Å². The maximum Gasteiger partial charge on any atom is 0.241 e. The first-order valence-corrected chi connectivity index (χ1v) is 7.24. The first kappa shape index (κ1) is 14.6. The Kier molecular flexibility index (Phi) is 4.42. The van der Waals surface area contributed by atoms with Gasteiger partial charge < -0.3 is 5.11 Å². The molecular formula is C11H13FN4O3S. The number of H-pyrrole nitrogens is 1. The Hall–Kier alpha value is -1.84. The number of aromatic nitrogens is 3. The molecule has 1 aromatic heterocycles. The number of rotatable bonds is 6. The Bertz CT molecular complexity index is 673. The summed E-state index contributed by atoms with van der Waals surface area (Å²) in [7, 11) is -3.89. The van der Waals surface area contributed by atoms with Crippen molar-refractivity contribution in [3.8, 4) is 0 Å². The van der Waals surface area contributed by atoms with Crippen molar-refractivity contribution in [2.75, 3.05) is 6.54 Å². The molecule has 108 valence electrons. The van der Waals surface area contributed by atoms with Gasteiger partial charge in [-0.15, -0.1) is 0 Å². The zero-order valence-corrected chi connectivity index (χ0v) is 11.2. The minimum Gasteiger partial charge on any atom is -0.392 e. The van der Waals surface area contributed by atoms with Gasteiger partial charge in [0.15, 0.2) is 0 Å². The van der Waals surface area contributed by atoms with Gasteiger partial charge in [0.05, 0.1) is 11.5 Å². The fourth-order valence-corrected chi connectivity index (χ4v) is 2.91. The van der Waals surface area contributed by atoms with Gasteiger partial charge in [0.1, 0.15) is 18.0 Å². The molecule has 3 N–H and O–H groups in total. The van der Waals surface area contributed by atoms with Gasteiger partial charge >= 0.3 is 0 Å². The van der Waals surface area contributed by atoms with Gasteiger partial charge in [-0.1, -0.05) is 6.07 Å². The summed E-state index contributed by atoms with van der Waals surface area (Å²) in [6.45, 7) is -0.405. The van der Waals surface area contributed by atoms with E-state index in [1.165, 1.54) is 12.4 Å². The van der Waals surface area contributed by atoms with Gasteiger partial charge in [0.25, 0.3) is 0 Å². The molecule has 2 aromatic rings. The molecule has 0 atom stereocenters. The van der Waals surface area contributed by atoms with Crippen LogP contribution < -0.4 is 4.72 Å². The van der Waals surface area contributed by atoms with Crippen LogP contribution in [-0.2, 0) is 23.1 Å².